The van der Waals surface area contributed by atoms with Gasteiger partial charge in [0.15, 0.2) is 5.78 Å². The van der Waals surface area contributed by atoms with E-state index in [2.05, 4.69) is 13.8 Å². The fourth-order valence-corrected chi connectivity index (χ4v) is 9.10. The Hall–Kier alpha value is -1.50. The monoisotopic (exact) mass is 470 g/mol. The lowest BCUT2D eigenvalue weighted by atomic mass is 9.52. The van der Waals surface area contributed by atoms with E-state index >= 15 is 0 Å². The van der Waals surface area contributed by atoms with Crippen molar-refractivity contribution in [3.05, 3.63) is 23.3 Å². The average molecular weight is 471 g/mol. The highest BCUT2D eigenvalue weighted by Crippen LogP contribution is 2.77. The quantitative estimate of drug-likeness (QED) is 0.433. The zero-order chi connectivity index (χ0) is 24.5. The van der Waals surface area contributed by atoms with Gasteiger partial charge in [0.1, 0.15) is 11.2 Å². The van der Waals surface area contributed by atoms with E-state index in [9.17, 15) is 24.9 Å². The van der Waals surface area contributed by atoms with Crippen molar-refractivity contribution >= 4 is 11.8 Å². The molecule has 3 N–H and O–H groups in total. The molecule has 6 aliphatic carbocycles. The molecular formula is C28H38O6. The van der Waals surface area contributed by atoms with E-state index in [1.165, 1.54) is 19.3 Å². The Kier molecular flexibility index (Phi) is 4.47. The van der Waals surface area contributed by atoms with Crippen LogP contribution in [-0.2, 0) is 14.3 Å². The van der Waals surface area contributed by atoms with Gasteiger partial charge in [-0.25, -0.2) is 0 Å². The van der Waals surface area contributed by atoms with Gasteiger partial charge < -0.3 is 20.1 Å². The van der Waals surface area contributed by atoms with Crippen molar-refractivity contribution in [1.29, 1.82) is 0 Å². The Morgan fingerprint density at radius 2 is 1.82 bits per heavy atom. The van der Waals surface area contributed by atoms with Crippen molar-refractivity contribution in [2.24, 2.45) is 40.4 Å². The molecular weight excluding hydrogens is 432 g/mol. The zero-order valence-electron chi connectivity index (χ0n) is 20.8. The smallest absolute Gasteiger partial charge is 0.309 e. The molecule has 1 spiro atoms. The predicted molar refractivity (Wildman–Crippen MR) is 124 cm³/mol. The van der Waals surface area contributed by atoms with Gasteiger partial charge in [0.2, 0.25) is 0 Å². The van der Waals surface area contributed by atoms with Crippen LogP contribution in [0.15, 0.2) is 23.3 Å². The standard InChI is InChI=1S/C28H38O6/c1-15-8-20-26(32,22(15)30)11-17(14-29)9-19-21-24(3,4)27(21,10-16(2)28(19,20)33)34-23(31)18-12-25(13-18)6-5-7-25/h8-9,16,18-21,29,32-33H,5-7,10-14H2,1-4H3/t16-,19+,20-,21-,26-,27+,28-/m1/s1. The summed E-state index contributed by atoms with van der Waals surface area (Å²) in [5, 5.41) is 34.0. The van der Waals surface area contributed by atoms with Crippen molar-refractivity contribution in [3.8, 4) is 0 Å². The summed E-state index contributed by atoms with van der Waals surface area (Å²) in [5.74, 6) is -2.15. The topological polar surface area (TPSA) is 104 Å². The van der Waals surface area contributed by atoms with Gasteiger partial charge >= 0.3 is 5.97 Å². The highest BCUT2D eigenvalue weighted by Gasteiger charge is 2.83. The third-order valence-electron chi connectivity index (χ3n) is 11.3. The molecule has 0 aromatic rings. The van der Waals surface area contributed by atoms with Crippen molar-refractivity contribution < 1.29 is 29.6 Å². The minimum absolute atomic E-state index is 0.0104. The maximum absolute atomic E-state index is 13.3. The fraction of sp³-hybridized carbons (Fsp3) is 0.786. The van der Waals surface area contributed by atoms with E-state index in [1.54, 1.807) is 13.0 Å². The minimum atomic E-state index is -1.75. The van der Waals surface area contributed by atoms with Crippen molar-refractivity contribution in [3.63, 3.8) is 0 Å². The van der Waals surface area contributed by atoms with Crippen LogP contribution < -0.4 is 0 Å². The first-order chi connectivity index (χ1) is 15.8. The van der Waals surface area contributed by atoms with Gasteiger partial charge in [-0.3, -0.25) is 9.59 Å². The molecule has 0 aliphatic heterocycles. The van der Waals surface area contributed by atoms with Crippen LogP contribution in [0.2, 0.25) is 0 Å². The van der Waals surface area contributed by atoms with E-state index in [-0.39, 0.29) is 47.9 Å². The van der Waals surface area contributed by atoms with Gasteiger partial charge in [-0.05, 0) is 61.5 Å². The molecule has 4 saturated carbocycles. The summed E-state index contributed by atoms with van der Waals surface area (Å²) in [6.45, 7) is 7.55. The Bertz CT molecular complexity index is 1030. The van der Waals surface area contributed by atoms with E-state index in [4.69, 9.17) is 4.74 Å². The minimum Gasteiger partial charge on any atom is -0.458 e. The lowest BCUT2D eigenvalue weighted by Crippen LogP contribution is -2.61. The first-order valence-electron chi connectivity index (χ1n) is 13.1. The van der Waals surface area contributed by atoms with Gasteiger partial charge in [0.25, 0.3) is 0 Å². The van der Waals surface area contributed by atoms with Crippen LogP contribution in [0.3, 0.4) is 0 Å². The van der Waals surface area contributed by atoms with Gasteiger partial charge in [0.05, 0.1) is 18.1 Å². The van der Waals surface area contributed by atoms with Crippen LogP contribution >= 0.6 is 0 Å². The molecule has 186 valence electrons. The molecule has 0 unspecified atom stereocenters. The second-order valence-electron chi connectivity index (χ2n) is 13.2. The molecule has 0 aromatic heterocycles. The molecule has 0 radical (unpaired) electrons. The molecule has 4 fully saturated rings. The number of hydrogen-bond donors (Lipinski definition) is 3. The first-order valence-corrected chi connectivity index (χ1v) is 13.1. The number of esters is 1. The molecule has 0 aromatic carbocycles. The summed E-state index contributed by atoms with van der Waals surface area (Å²) in [6.07, 6.45) is 9.73. The number of fused-ring (bicyclic) bond motifs is 5. The van der Waals surface area contributed by atoms with Crippen LogP contribution in [0.5, 0.6) is 0 Å². The summed E-state index contributed by atoms with van der Waals surface area (Å²) >= 11 is 0. The van der Waals surface area contributed by atoms with E-state index in [1.807, 2.05) is 13.0 Å². The predicted octanol–water partition coefficient (Wildman–Crippen LogP) is 3.09. The van der Waals surface area contributed by atoms with E-state index in [0.29, 0.717) is 23.0 Å². The number of ketones is 1. The number of hydrogen-bond acceptors (Lipinski definition) is 6. The van der Waals surface area contributed by atoms with E-state index in [0.717, 1.165) is 12.8 Å². The Labute approximate surface area is 201 Å². The molecule has 6 heteroatoms. The maximum atomic E-state index is 13.3. The summed E-state index contributed by atoms with van der Waals surface area (Å²) in [7, 11) is 0. The lowest BCUT2D eigenvalue weighted by Gasteiger charge is -2.54. The molecule has 6 nitrogen and oxygen atoms in total. The number of Topliss-reactive ketones (excluding diaryl/α,β-unsaturated/α-hetero) is 1. The van der Waals surface area contributed by atoms with Crippen LogP contribution in [0.25, 0.3) is 0 Å². The number of rotatable bonds is 3. The number of aliphatic hydroxyl groups excluding tert-OH is 1. The third kappa shape index (κ3) is 2.53. The van der Waals surface area contributed by atoms with Crippen molar-refractivity contribution in [2.45, 2.75) is 89.4 Å². The summed E-state index contributed by atoms with van der Waals surface area (Å²) in [5.41, 5.74) is -2.75. The van der Waals surface area contributed by atoms with Crippen molar-refractivity contribution in [2.75, 3.05) is 6.61 Å². The highest BCUT2D eigenvalue weighted by atomic mass is 16.6. The van der Waals surface area contributed by atoms with Crippen LogP contribution in [0, 0.1) is 40.4 Å². The Morgan fingerprint density at radius 1 is 1.15 bits per heavy atom. The number of carbonyl (C=O) groups excluding carboxylic acids is 2. The van der Waals surface area contributed by atoms with Gasteiger partial charge in [-0.2, -0.15) is 0 Å². The molecule has 7 atom stereocenters. The number of carbonyl (C=O) groups is 2. The molecule has 6 rings (SSSR count). The molecule has 0 bridgehead atoms. The summed E-state index contributed by atoms with van der Waals surface area (Å²) < 4.78 is 6.40. The molecule has 0 amide bonds. The van der Waals surface area contributed by atoms with Crippen LogP contribution in [0.4, 0.5) is 0 Å². The van der Waals surface area contributed by atoms with Crippen molar-refractivity contribution in [1.82, 2.24) is 0 Å². The third-order valence-corrected chi connectivity index (χ3v) is 11.3. The molecule has 6 aliphatic rings. The number of aliphatic hydroxyl groups is 3. The SMILES string of the molecule is CC1=C[C@H]2[C@@]3(O)[C@H](C)C[C@]4(OC(=O)C5CC6(CCC6)C5)[C@H]([C@@H]3C=C(CO)C[C@]2(O)C1=O)C4(C)C. The second kappa shape index (κ2) is 6.63. The summed E-state index contributed by atoms with van der Waals surface area (Å²) in [6, 6.07) is 0. The molecule has 0 saturated heterocycles. The zero-order valence-corrected chi connectivity index (χ0v) is 20.8. The van der Waals surface area contributed by atoms with E-state index < -0.39 is 28.6 Å². The maximum Gasteiger partial charge on any atom is 0.309 e. The van der Waals surface area contributed by atoms with Gasteiger partial charge in [0, 0.05) is 29.6 Å². The fourth-order valence-electron chi connectivity index (χ4n) is 9.10. The first kappa shape index (κ1) is 22.9. The normalized spacial score (nSPS) is 47.8. The van der Waals surface area contributed by atoms with Gasteiger partial charge in [-0.15, -0.1) is 0 Å². The lowest BCUT2D eigenvalue weighted by molar-refractivity contribution is -0.194. The Balaban J connectivity index is 1.36. The molecule has 0 heterocycles. The average Bonchev–Trinajstić information content (AvgIpc) is 3.10. The van der Waals surface area contributed by atoms with Crippen LogP contribution in [0.1, 0.15) is 72.6 Å². The Morgan fingerprint density at radius 3 is 2.41 bits per heavy atom. The molecule has 34 heavy (non-hydrogen) atoms. The van der Waals surface area contributed by atoms with Crippen LogP contribution in [-0.4, -0.2) is 50.5 Å². The largest absolute Gasteiger partial charge is 0.458 e. The van der Waals surface area contributed by atoms with Gasteiger partial charge in [-0.1, -0.05) is 39.3 Å². The highest BCUT2D eigenvalue weighted by molar-refractivity contribution is 6.04. The second-order valence-corrected chi connectivity index (χ2v) is 13.2. The summed E-state index contributed by atoms with van der Waals surface area (Å²) in [4.78, 5) is 26.3. The number of ether oxygens (including phenoxy) is 1.